The number of benzene rings is 2. The molecule has 0 bridgehead atoms. The second-order valence-corrected chi connectivity index (χ2v) is 8.41. The number of aromatic amines is 1. The van der Waals surface area contributed by atoms with Crippen molar-refractivity contribution in [3.8, 4) is 0 Å². The van der Waals surface area contributed by atoms with Crippen LogP contribution in [0.5, 0.6) is 0 Å². The topological polar surface area (TPSA) is 83.0 Å². The van der Waals surface area contributed by atoms with Gasteiger partial charge in [0.15, 0.2) is 10.1 Å². The molecule has 5 nitrogen and oxygen atoms in total. The van der Waals surface area contributed by atoms with E-state index in [4.69, 9.17) is 5.11 Å². The van der Waals surface area contributed by atoms with Gasteiger partial charge in [-0.3, -0.25) is 9.59 Å². The normalized spacial score (nSPS) is 12.1. The Hall–Kier alpha value is -2.90. The first-order valence-electron chi connectivity index (χ1n) is 8.60. The monoisotopic (exact) mass is 408 g/mol. The van der Waals surface area contributed by atoms with Gasteiger partial charge in [0.05, 0.1) is 12.1 Å². The summed E-state index contributed by atoms with van der Waals surface area (Å²) in [7, 11) is 0. The Labute approximate surface area is 169 Å². The summed E-state index contributed by atoms with van der Waals surface area (Å²) in [5.41, 5.74) is 2.95. The Balaban J connectivity index is 1.69. The number of H-pyrrole nitrogens is 1. The number of aromatic nitrogens is 2. The van der Waals surface area contributed by atoms with E-state index in [2.05, 4.69) is 9.97 Å². The van der Waals surface area contributed by atoms with Gasteiger partial charge in [-0.15, -0.1) is 11.3 Å². The lowest BCUT2D eigenvalue weighted by Gasteiger charge is -2.14. The van der Waals surface area contributed by atoms with Crippen molar-refractivity contribution in [1.82, 2.24) is 9.97 Å². The minimum atomic E-state index is -0.920. The van der Waals surface area contributed by atoms with Crippen LogP contribution in [0.15, 0.2) is 70.5 Å². The molecule has 1 atom stereocenters. The van der Waals surface area contributed by atoms with Gasteiger partial charge in [-0.25, -0.2) is 4.98 Å². The molecule has 0 spiro atoms. The molecule has 0 fully saturated rings. The number of carbonyl (C=O) groups is 2. The zero-order chi connectivity index (χ0) is 19.5. The van der Waals surface area contributed by atoms with Crippen LogP contribution in [0.3, 0.4) is 0 Å². The molecule has 0 aliphatic carbocycles. The Bertz CT molecular complexity index is 1130. The molecule has 0 unspecified atom stereocenters. The number of hydrogen-bond donors (Lipinski definition) is 2. The van der Waals surface area contributed by atoms with Crippen molar-refractivity contribution in [2.45, 2.75) is 16.0 Å². The van der Waals surface area contributed by atoms with Gasteiger partial charge in [0.2, 0.25) is 0 Å². The van der Waals surface area contributed by atoms with Crippen LogP contribution in [0.4, 0.5) is 0 Å². The third kappa shape index (κ3) is 3.85. The molecule has 0 saturated heterocycles. The first kappa shape index (κ1) is 18.5. The van der Waals surface area contributed by atoms with Crippen LogP contribution in [0, 0.1) is 0 Å². The number of aliphatic carboxylic acids is 1. The molecule has 0 radical (unpaired) electrons. The molecule has 2 aromatic carbocycles. The summed E-state index contributed by atoms with van der Waals surface area (Å²) in [6.45, 7) is 0. The third-order valence-corrected chi connectivity index (χ3v) is 6.55. The number of hydrogen-bond acceptors (Lipinski definition) is 5. The highest BCUT2D eigenvalue weighted by Crippen LogP contribution is 2.40. The Morgan fingerprint density at radius 2 is 1.86 bits per heavy atom. The Morgan fingerprint density at radius 1 is 1.11 bits per heavy atom. The molecule has 2 N–H and O–H groups in total. The smallest absolute Gasteiger partial charge is 0.309 e. The molecule has 4 aromatic rings. The van der Waals surface area contributed by atoms with Crippen molar-refractivity contribution >= 4 is 45.8 Å². The number of carbonyl (C=O) groups excluding carboxylic acids is 1. The van der Waals surface area contributed by atoms with Gasteiger partial charge in [-0.1, -0.05) is 60.3 Å². The van der Waals surface area contributed by atoms with E-state index < -0.39 is 11.2 Å². The molecule has 2 aromatic heterocycles. The number of carboxylic acid groups (broad SMARTS) is 1. The zero-order valence-corrected chi connectivity index (χ0v) is 16.3. The predicted octanol–water partition coefficient (Wildman–Crippen LogP) is 4.97. The number of rotatable bonds is 7. The standard InChI is InChI=1S/C21H16N2O3S2/c24-18(25)10-14-12-27-21(23-14)28-20(13-6-2-1-3-7-13)19(26)16-11-22-17-9-5-4-8-15(16)17/h1-9,11-12,20,22H,10H2,(H,24,25)/t20-/m0/s1. The lowest BCUT2D eigenvalue weighted by molar-refractivity contribution is -0.136. The van der Waals surface area contributed by atoms with Gasteiger partial charge in [0, 0.05) is 28.0 Å². The number of Topliss-reactive ketones (excluding diaryl/α,β-unsaturated/α-hetero) is 1. The number of thiazole rings is 1. The van der Waals surface area contributed by atoms with E-state index in [0.717, 1.165) is 16.5 Å². The van der Waals surface area contributed by atoms with Crippen molar-refractivity contribution in [2.24, 2.45) is 0 Å². The molecule has 0 aliphatic rings. The number of ketones is 1. The minimum Gasteiger partial charge on any atom is -0.481 e. The van der Waals surface area contributed by atoms with Gasteiger partial charge in [-0.05, 0) is 11.6 Å². The molecule has 28 heavy (non-hydrogen) atoms. The molecule has 0 aliphatic heterocycles. The highest BCUT2D eigenvalue weighted by Gasteiger charge is 2.26. The largest absolute Gasteiger partial charge is 0.481 e. The summed E-state index contributed by atoms with van der Waals surface area (Å²) in [6.07, 6.45) is 1.63. The van der Waals surface area contributed by atoms with Gasteiger partial charge in [-0.2, -0.15) is 0 Å². The van der Waals surface area contributed by atoms with Crippen molar-refractivity contribution in [2.75, 3.05) is 0 Å². The fraction of sp³-hybridized carbons (Fsp3) is 0.0952. The molecule has 7 heteroatoms. The summed E-state index contributed by atoms with van der Waals surface area (Å²) in [5.74, 6) is -0.931. The van der Waals surface area contributed by atoms with Crippen LogP contribution >= 0.6 is 23.1 Å². The highest BCUT2D eigenvalue weighted by molar-refractivity contribution is 8.01. The summed E-state index contributed by atoms with van der Waals surface area (Å²) < 4.78 is 0.679. The lowest BCUT2D eigenvalue weighted by atomic mass is 10.0. The van der Waals surface area contributed by atoms with E-state index in [1.807, 2.05) is 54.6 Å². The van der Waals surface area contributed by atoms with E-state index in [-0.39, 0.29) is 12.2 Å². The number of nitrogens with zero attached hydrogens (tertiary/aromatic N) is 1. The van der Waals surface area contributed by atoms with Gasteiger partial charge in [0.25, 0.3) is 0 Å². The van der Waals surface area contributed by atoms with E-state index in [1.54, 1.807) is 11.6 Å². The summed E-state index contributed by atoms with van der Waals surface area (Å²) in [4.78, 5) is 31.9. The molecule has 4 rings (SSSR count). The van der Waals surface area contributed by atoms with Gasteiger partial charge < -0.3 is 10.1 Å². The van der Waals surface area contributed by atoms with Crippen molar-refractivity contribution in [3.05, 3.63) is 83.0 Å². The maximum Gasteiger partial charge on any atom is 0.309 e. The third-order valence-electron chi connectivity index (χ3n) is 4.28. The average Bonchev–Trinajstić information content (AvgIpc) is 3.32. The maximum atomic E-state index is 13.5. The first-order chi connectivity index (χ1) is 13.6. The minimum absolute atomic E-state index is 0.0105. The number of thioether (sulfide) groups is 1. The first-order valence-corrected chi connectivity index (χ1v) is 10.4. The van der Waals surface area contributed by atoms with Crippen LogP contribution < -0.4 is 0 Å². The fourth-order valence-corrected chi connectivity index (χ4v) is 5.09. The van der Waals surface area contributed by atoms with E-state index in [1.165, 1.54) is 23.1 Å². The number of nitrogens with one attached hydrogen (secondary N) is 1. The van der Waals surface area contributed by atoms with E-state index in [0.29, 0.717) is 15.6 Å². The summed E-state index contributed by atoms with van der Waals surface area (Å²) in [6, 6.07) is 17.3. The molecule has 0 amide bonds. The molecule has 140 valence electrons. The zero-order valence-electron chi connectivity index (χ0n) is 14.7. The van der Waals surface area contributed by atoms with Gasteiger partial charge >= 0.3 is 5.97 Å². The molecular formula is C21H16N2O3S2. The van der Waals surface area contributed by atoms with Crippen molar-refractivity contribution in [3.63, 3.8) is 0 Å². The maximum absolute atomic E-state index is 13.5. The molecular weight excluding hydrogens is 392 g/mol. The SMILES string of the molecule is O=C(O)Cc1csc(S[C@H](C(=O)c2c[nH]c3ccccc23)c2ccccc2)n1. The predicted molar refractivity (Wildman–Crippen MR) is 111 cm³/mol. The summed E-state index contributed by atoms with van der Waals surface area (Å²) in [5, 5.41) is 11.1. The fourth-order valence-electron chi connectivity index (χ4n) is 3.00. The molecule has 0 saturated carbocycles. The van der Waals surface area contributed by atoms with Crippen LogP contribution in [0.25, 0.3) is 10.9 Å². The van der Waals surface area contributed by atoms with Crippen molar-refractivity contribution < 1.29 is 14.7 Å². The summed E-state index contributed by atoms with van der Waals surface area (Å²) >= 11 is 2.72. The van der Waals surface area contributed by atoms with Crippen LogP contribution in [-0.4, -0.2) is 26.8 Å². The van der Waals surface area contributed by atoms with Crippen molar-refractivity contribution in [1.29, 1.82) is 0 Å². The number of fused-ring (bicyclic) bond motifs is 1. The van der Waals surface area contributed by atoms with E-state index >= 15 is 0 Å². The average molecular weight is 409 g/mol. The number of carboxylic acids is 1. The number of para-hydroxylation sites is 1. The van der Waals surface area contributed by atoms with Crippen LogP contribution in [0.2, 0.25) is 0 Å². The van der Waals surface area contributed by atoms with Crippen LogP contribution in [-0.2, 0) is 11.2 Å². The van der Waals surface area contributed by atoms with Crippen LogP contribution in [0.1, 0.15) is 26.9 Å². The van der Waals surface area contributed by atoms with Gasteiger partial charge in [0.1, 0.15) is 5.25 Å². The second kappa shape index (κ2) is 8.00. The Kier molecular flexibility index (Phi) is 5.27. The van der Waals surface area contributed by atoms with E-state index in [9.17, 15) is 9.59 Å². The molecule has 2 heterocycles. The lowest BCUT2D eigenvalue weighted by Crippen LogP contribution is -2.09. The Morgan fingerprint density at radius 3 is 2.64 bits per heavy atom. The quantitative estimate of drug-likeness (QED) is 0.333. The highest BCUT2D eigenvalue weighted by atomic mass is 32.2. The second-order valence-electron chi connectivity index (χ2n) is 6.20.